The predicted molar refractivity (Wildman–Crippen MR) is 125 cm³/mol. The number of nitrogen functional groups attached to an aromatic ring is 1. The van der Waals surface area contributed by atoms with Gasteiger partial charge < -0.3 is 30.1 Å². The summed E-state index contributed by atoms with van der Waals surface area (Å²) in [6.45, 7) is 3.85. The summed E-state index contributed by atoms with van der Waals surface area (Å²) in [5.41, 5.74) is 10.8. The summed E-state index contributed by atoms with van der Waals surface area (Å²) in [7, 11) is 3.77. The Labute approximate surface area is 185 Å². The third kappa shape index (κ3) is 3.78. The van der Waals surface area contributed by atoms with Crippen molar-refractivity contribution in [2.45, 2.75) is 0 Å². The molecule has 0 unspecified atom stereocenters. The van der Waals surface area contributed by atoms with E-state index in [0.29, 0.717) is 40.0 Å². The fraction of sp³-hybridized carbons (Fsp3) is 0.261. The Bertz CT molecular complexity index is 1250. The van der Waals surface area contributed by atoms with Crippen molar-refractivity contribution in [3.8, 4) is 17.1 Å². The number of fused-ring (bicyclic) bond motifs is 1. The van der Waals surface area contributed by atoms with Crippen molar-refractivity contribution in [2.75, 3.05) is 56.3 Å². The molecule has 9 nitrogen and oxygen atoms in total. The lowest BCUT2D eigenvalue weighted by Crippen LogP contribution is -2.44. The van der Waals surface area contributed by atoms with Gasteiger partial charge in [-0.3, -0.25) is 0 Å². The van der Waals surface area contributed by atoms with Crippen molar-refractivity contribution in [1.82, 2.24) is 20.0 Å². The summed E-state index contributed by atoms with van der Waals surface area (Å²) < 4.78 is 11.1. The highest BCUT2D eigenvalue weighted by Crippen LogP contribution is 2.37. The summed E-state index contributed by atoms with van der Waals surface area (Å²) in [6, 6.07) is 13.3. The SMILES string of the molecule is COc1cc(N2CCN(C)CC2)c(N)cc1Nc1nccc(-c2noc3ccccc23)n1. The van der Waals surface area contributed by atoms with Gasteiger partial charge in [0.2, 0.25) is 5.95 Å². The Morgan fingerprint density at radius 1 is 1.09 bits per heavy atom. The minimum Gasteiger partial charge on any atom is -0.494 e. The van der Waals surface area contributed by atoms with Crippen LogP contribution >= 0.6 is 0 Å². The fourth-order valence-corrected chi connectivity index (χ4v) is 3.92. The molecular formula is C23H25N7O2. The maximum Gasteiger partial charge on any atom is 0.227 e. The Morgan fingerprint density at radius 2 is 1.91 bits per heavy atom. The lowest BCUT2D eigenvalue weighted by Gasteiger charge is -2.35. The smallest absolute Gasteiger partial charge is 0.227 e. The zero-order valence-electron chi connectivity index (χ0n) is 18.1. The highest BCUT2D eigenvalue weighted by molar-refractivity contribution is 5.90. The quantitative estimate of drug-likeness (QED) is 0.460. The molecule has 0 radical (unpaired) electrons. The second kappa shape index (κ2) is 8.35. The molecule has 0 saturated carbocycles. The van der Waals surface area contributed by atoms with E-state index in [0.717, 1.165) is 37.3 Å². The van der Waals surface area contributed by atoms with Crippen molar-refractivity contribution in [2.24, 2.45) is 0 Å². The van der Waals surface area contributed by atoms with E-state index >= 15 is 0 Å². The van der Waals surface area contributed by atoms with Gasteiger partial charge in [0.05, 0.1) is 35.3 Å². The summed E-state index contributed by atoms with van der Waals surface area (Å²) in [6.07, 6.45) is 1.68. The van der Waals surface area contributed by atoms with Crippen LogP contribution in [0.5, 0.6) is 5.75 Å². The Balaban J connectivity index is 1.44. The molecule has 1 saturated heterocycles. The molecule has 1 aliphatic rings. The van der Waals surface area contributed by atoms with Crippen LogP contribution in [-0.4, -0.2) is 60.4 Å². The molecule has 2 aromatic heterocycles. The zero-order valence-corrected chi connectivity index (χ0v) is 18.1. The highest BCUT2D eigenvalue weighted by atomic mass is 16.5. The number of ether oxygens (including phenoxy) is 1. The number of methoxy groups -OCH3 is 1. The molecular weight excluding hydrogens is 406 g/mol. The lowest BCUT2D eigenvalue weighted by atomic mass is 10.1. The number of hydrogen-bond donors (Lipinski definition) is 2. The summed E-state index contributed by atoms with van der Waals surface area (Å²) in [5.74, 6) is 1.09. The number of rotatable bonds is 5. The number of anilines is 4. The number of likely N-dealkylation sites (N-methyl/N-ethyl adjacent to an activating group) is 1. The van der Waals surface area contributed by atoms with Gasteiger partial charge in [0.25, 0.3) is 0 Å². The second-order valence-electron chi connectivity index (χ2n) is 7.82. The van der Waals surface area contributed by atoms with Crippen LogP contribution in [0.4, 0.5) is 23.0 Å². The van der Waals surface area contributed by atoms with Gasteiger partial charge in [-0.05, 0) is 31.3 Å². The Hall–Kier alpha value is -3.85. The van der Waals surface area contributed by atoms with E-state index in [4.69, 9.17) is 15.0 Å². The van der Waals surface area contributed by atoms with Gasteiger partial charge in [-0.15, -0.1) is 0 Å². The van der Waals surface area contributed by atoms with Gasteiger partial charge in [-0.2, -0.15) is 0 Å². The van der Waals surface area contributed by atoms with Gasteiger partial charge in [0.15, 0.2) is 5.58 Å². The molecule has 0 aliphatic carbocycles. The van der Waals surface area contributed by atoms with Gasteiger partial charge >= 0.3 is 0 Å². The minimum atomic E-state index is 0.416. The van der Waals surface area contributed by atoms with E-state index in [-0.39, 0.29) is 0 Å². The van der Waals surface area contributed by atoms with E-state index in [2.05, 4.69) is 37.3 Å². The predicted octanol–water partition coefficient (Wildman–Crippen LogP) is 3.37. The maximum atomic E-state index is 6.42. The van der Waals surface area contributed by atoms with Gasteiger partial charge in [0, 0.05) is 38.4 Å². The van der Waals surface area contributed by atoms with Crippen LogP contribution in [-0.2, 0) is 0 Å². The topological polar surface area (TPSA) is 106 Å². The monoisotopic (exact) mass is 431 g/mol. The molecule has 2 aromatic carbocycles. The van der Waals surface area contributed by atoms with Crippen molar-refractivity contribution in [3.05, 3.63) is 48.7 Å². The molecule has 9 heteroatoms. The van der Waals surface area contributed by atoms with Crippen molar-refractivity contribution in [1.29, 1.82) is 0 Å². The molecule has 5 rings (SSSR count). The van der Waals surface area contributed by atoms with Crippen LogP contribution in [0.3, 0.4) is 0 Å². The molecule has 1 aliphatic heterocycles. The fourth-order valence-electron chi connectivity index (χ4n) is 3.92. The van der Waals surface area contributed by atoms with E-state index in [1.807, 2.05) is 36.4 Å². The molecule has 0 bridgehead atoms. The number of nitrogens with zero attached hydrogens (tertiary/aromatic N) is 5. The molecule has 4 aromatic rings. The Morgan fingerprint density at radius 3 is 2.72 bits per heavy atom. The average Bonchev–Trinajstić information content (AvgIpc) is 3.24. The second-order valence-corrected chi connectivity index (χ2v) is 7.82. The minimum absolute atomic E-state index is 0.416. The van der Waals surface area contributed by atoms with Crippen molar-refractivity contribution >= 4 is 34.0 Å². The van der Waals surface area contributed by atoms with E-state index in [9.17, 15) is 0 Å². The maximum absolute atomic E-state index is 6.42. The molecule has 164 valence electrons. The third-order valence-electron chi connectivity index (χ3n) is 5.71. The van der Waals surface area contributed by atoms with Gasteiger partial charge in [0.1, 0.15) is 11.4 Å². The van der Waals surface area contributed by atoms with Crippen LogP contribution in [0.25, 0.3) is 22.4 Å². The van der Waals surface area contributed by atoms with Crippen LogP contribution in [0.15, 0.2) is 53.2 Å². The van der Waals surface area contributed by atoms with Crippen LogP contribution in [0.1, 0.15) is 0 Å². The first-order chi connectivity index (χ1) is 15.6. The number of benzene rings is 2. The van der Waals surface area contributed by atoms with E-state index in [1.54, 1.807) is 19.4 Å². The normalized spacial score (nSPS) is 14.6. The van der Waals surface area contributed by atoms with Crippen LogP contribution in [0, 0.1) is 0 Å². The van der Waals surface area contributed by atoms with E-state index < -0.39 is 0 Å². The first-order valence-electron chi connectivity index (χ1n) is 10.5. The summed E-state index contributed by atoms with van der Waals surface area (Å²) in [4.78, 5) is 13.6. The first-order valence-corrected chi connectivity index (χ1v) is 10.5. The summed E-state index contributed by atoms with van der Waals surface area (Å²) >= 11 is 0. The number of para-hydroxylation sites is 1. The number of hydrogen-bond acceptors (Lipinski definition) is 9. The summed E-state index contributed by atoms with van der Waals surface area (Å²) in [5, 5.41) is 8.32. The van der Waals surface area contributed by atoms with Crippen molar-refractivity contribution in [3.63, 3.8) is 0 Å². The zero-order chi connectivity index (χ0) is 22.1. The number of aromatic nitrogens is 3. The Kier molecular flexibility index (Phi) is 5.24. The number of nitrogens with two attached hydrogens (primary N) is 1. The van der Waals surface area contributed by atoms with E-state index in [1.165, 1.54) is 0 Å². The first kappa shape index (κ1) is 20.1. The largest absolute Gasteiger partial charge is 0.494 e. The molecule has 0 amide bonds. The lowest BCUT2D eigenvalue weighted by molar-refractivity contribution is 0.313. The molecule has 32 heavy (non-hydrogen) atoms. The standard InChI is InChI=1S/C23H25N7O2/c1-29-9-11-30(12-10-29)19-14-21(31-2)18(13-16(19)24)27-23-25-8-7-17(26-23)22-15-5-3-4-6-20(15)32-28-22/h3-8,13-14H,9-12,24H2,1-2H3,(H,25,26,27). The number of nitrogens with one attached hydrogen (secondary N) is 1. The van der Waals surface area contributed by atoms with Crippen LogP contribution in [0.2, 0.25) is 0 Å². The molecule has 3 heterocycles. The molecule has 1 fully saturated rings. The number of piperazine rings is 1. The average molecular weight is 432 g/mol. The van der Waals surface area contributed by atoms with Gasteiger partial charge in [-0.25, -0.2) is 9.97 Å². The molecule has 0 atom stereocenters. The molecule has 3 N–H and O–H groups in total. The van der Waals surface area contributed by atoms with Crippen LogP contribution < -0.4 is 20.7 Å². The molecule has 0 spiro atoms. The van der Waals surface area contributed by atoms with Gasteiger partial charge in [-0.1, -0.05) is 17.3 Å². The van der Waals surface area contributed by atoms with Crippen molar-refractivity contribution < 1.29 is 9.26 Å². The highest BCUT2D eigenvalue weighted by Gasteiger charge is 2.19. The third-order valence-corrected chi connectivity index (χ3v) is 5.71.